The van der Waals surface area contributed by atoms with Crippen LogP contribution in [0.3, 0.4) is 0 Å². The van der Waals surface area contributed by atoms with Crippen molar-refractivity contribution in [2.24, 2.45) is 0 Å². The lowest BCUT2D eigenvalue weighted by Crippen LogP contribution is -2.23. The van der Waals surface area contributed by atoms with Crippen LogP contribution in [0.2, 0.25) is 0 Å². The van der Waals surface area contributed by atoms with Crippen LogP contribution in [0.4, 0.5) is 11.5 Å². The number of unbranched alkanes of at least 4 members (excludes halogenated alkanes) is 1. The van der Waals surface area contributed by atoms with E-state index in [1.807, 2.05) is 19.9 Å². The standard InChI is InChI=1S/C13H22N4O/c1-3-11(18)15-7-4-5-8-16-13-12(14)10(2)6-9-17-13/h6,9H,3-5,7-8,14H2,1-2H3,(H,15,18)(H,16,17). The minimum absolute atomic E-state index is 0.104. The van der Waals surface area contributed by atoms with Crippen molar-refractivity contribution < 1.29 is 4.79 Å². The molecule has 5 heteroatoms. The summed E-state index contributed by atoms with van der Waals surface area (Å²) in [4.78, 5) is 15.2. The maximum Gasteiger partial charge on any atom is 0.219 e. The molecule has 0 aliphatic carbocycles. The number of hydrogen-bond donors (Lipinski definition) is 3. The molecule has 0 saturated heterocycles. The summed E-state index contributed by atoms with van der Waals surface area (Å²) in [7, 11) is 0. The van der Waals surface area contributed by atoms with Gasteiger partial charge < -0.3 is 16.4 Å². The van der Waals surface area contributed by atoms with Crippen molar-refractivity contribution in [1.82, 2.24) is 10.3 Å². The number of carbonyl (C=O) groups is 1. The molecular formula is C13H22N4O. The Morgan fingerprint density at radius 1 is 1.39 bits per heavy atom. The molecule has 100 valence electrons. The molecule has 5 nitrogen and oxygen atoms in total. The largest absolute Gasteiger partial charge is 0.396 e. The number of rotatable bonds is 7. The third-order valence-corrected chi connectivity index (χ3v) is 2.75. The number of aryl methyl sites for hydroxylation is 1. The lowest BCUT2D eigenvalue weighted by molar-refractivity contribution is -0.120. The van der Waals surface area contributed by atoms with Crippen molar-refractivity contribution >= 4 is 17.4 Å². The number of nitrogens with two attached hydrogens (primary N) is 1. The highest BCUT2D eigenvalue weighted by atomic mass is 16.1. The summed E-state index contributed by atoms with van der Waals surface area (Å²) in [6, 6.07) is 1.89. The van der Waals surface area contributed by atoms with Gasteiger partial charge in [-0.05, 0) is 31.4 Å². The summed E-state index contributed by atoms with van der Waals surface area (Å²) in [6.45, 7) is 5.35. The minimum atomic E-state index is 0.104. The van der Waals surface area contributed by atoms with Crippen molar-refractivity contribution in [2.45, 2.75) is 33.1 Å². The zero-order valence-electron chi connectivity index (χ0n) is 11.1. The number of pyridine rings is 1. The molecule has 0 radical (unpaired) electrons. The highest BCUT2D eigenvalue weighted by molar-refractivity contribution is 5.75. The van der Waals surface area contributed by atoms with E-state index in [0.29, 0.717) is 12.1 Å². The molecule has 0 aromatic carbocycles. The Morgan fingerprint density at radius 3 is 2.83 bits per heavy atom. The molecule has 0 fully saturated rings. The molecule has 0 spiro atoms. The molecule has 0 bridgehead atoms. The number of aromatic nitrogens is 1. The fourth-order valence-electron chi connectivity index (χ4n) is 1.52. The molecule has 0 aliphatic rings. The molecular weight excluding hydrogens is 228 g/mol. The van der Waals surface area contributed by atoms with E-state index in [1.54, 1.807) is 6.20 Å². The Bertz CT molecular complexity index is 393. The van der Waals surface area contributed by atoms with E-state index in [1.165, 1.54) is 0 Å². The quantitative estimate of drug-likeness (QED) is 0.643. The van der Waals surface area contributed by atoms with Crippen molar-refractivity contribution in [3.8, 4) is 0 Å². The van der Waals surface area contributed by atoms with Gasteiger partial charge in [0.15, 0.2) is 0 Å². The Kier molecular flexibility index (Phi) is 5.97. The Balaban J connectivity index is 2.18. The van der Waals surface area contributed by atoms with E-state index in [-0.39, 0.29) is 5.91 Å². The first kappa shape index (κ1) is 14.3. The molecule has 18 heavy (non-hydrogen) atoms. The number of anilines is 2. The smallest absolute Gasteiger partial charge is 0.219 e. The number of amides is 1. The summed E-state index contributed by atoms with van der Waals surface area (Å²) < 4.78 is 0. The molecule has 1 heterocycles. The van der Waals surface area contributed by atoms with Crippen LogP contribution in [0.15, 0.2) is 12.3 Å². The van der Waals surface area contributed by atoms with Gasteiger partial charge in [0.1, 0.15) is 5.82 Å². The highest BCUT2D eigenvalue weighted by Crippen LogP contribution is 2.18. The summed E-state index contributed by atoms with van der Waals surface area (Å²) in [5, 5.41) is 6.05. The number of carbonyl (C=O) groups excluding carboxylic acids is 1. The SMILES string of the molecule is CCC(=O)NCCCCNc1nccc(C)c1N. The van der Waals surface area contributed by atoms with E-state index < -0.39 is 0 Å². The fourth-order valence-corrected chi connectivity index (χ4v) is 1.52. The third kappa shape index (κ3) is 4.61. The van der Waals surface area contributed by atoms with Crippen LogP contribution >= 0.6 is 0 Å². The van der Waals surface area contributed by atoms with Gasteiger partial charge in [-0.1, -0.05) is 6.92 Å². The zero-order chi connectivity index (χ0) is 13.4. The van der Waals surface area contributed by atoms with Crippen LogP contribution in [0.1, 0.15) is 31.7 Å². The first-order chi connectivity index (χ1) is 8.65. The van der Waals surface area contributed by atoms with E-state index >= 15 is 0 Å². The summed E-state index contributed by atoms with van der Waals surface area (Å²) in [5.41, 5.74) is 7.63. The van der Waals surface area contributed by atoms with E-state index in [4.69, 9.17) is 5.73 Å². The zero-order valence-corrected chi connectivity index (χ0v) is 11.1. The van der Waals surface area contributed by atoms with Gasteiger partial charge in [-0.15, -0.1) is 0 Å². The first-order valence-electron chi connectivity index (χ1n) is 6.36. The second-order valence-electron chi connectivity index (χ2n) is 4.23. The molecule has 1 aromatic heterocycles. The fraction of sp³-hybridized carbons (Fsp3) is 0.538. The third-order valence-electron chi connectivity index (χ3n) is 2.75. The lowest BCUT2D eigenvalue weighted by Gasteiger charge is -2.09. The van der Waals surface area contributed by atoms with E-state index in [9.17, 15) is 4.79 Å². The monoisotopic (exact) mass is 250 g/mol. The molecule has 1 aromatic rings. The number of nitrogen functional groups attached to an aromatic ring is 1. The maximum atomic E-state index is 11.0. The van der Waals surface area contributed by atoms with Gasteiger partial charge >= 0.3 is 0 Å². The predicted octanol–water partition coefficient (Wildman–Crippen LogP) is 1.69. The van der Waals surface area contributed by atoms with Crippen molar-refractivity contribution in [2.75, 3.05) is 24.1 Å². The van der Waals surface area contributed by atoms with E-state index in [0.717, 1.165) is 37.3 Å². The van der Waals surface area contributed by atoms with Gasteiger partial charge in [-0.25, -0.2) is 4.98 Å². The van der Waals surface area contributed by atoms with Crippen LogP contribution in [0, 0.1) is 6.92 Å². The Labute approximate surface area is 108 Å². The van der Waals surface area contributed by atoms with Gasteiger partial charge in [-0.3, -0.25) is 4.79 Å². The van der Waals surface area contributed by atoms with Crippen LogP contribution in [-0.2, 0) is 4.79 Å². The number of hydrogen-bond acceptors (Lipinski definition) is 4. The van der Waals surface area contributed by atoms with Crippen LogP contribution < -0.4 is 16.4 Å². The van der Waals surface area contributed by atoms with Crippen LogP contribution in [-0.4, -0.2) is 24.0 Å². The van der Waals surface area contributed by atoms with Gasteiger partial charge in [0, 0.05) is 25.7 Å². The predicted molar refractivity (Wildman–Crippen MR) is 74.4 cm³/mol. The topological polar surface area (TPSA) is 80.0 Å². The molecule has 0 saturated carbocycles. The lowest BCUT2D eigenvalue weighted by atomic mass is 10.2. The second kappa shape index (κ2) is 7.53. The van der Waals surface area contributed by atoms with Crippen LogP contribution in [0.5, 0.6) is 0 Å². The molecule has 1 rings (SSSR count). The normalized spacial score (nSPS) is 10.1. The Morgan fingerprint density at radius 2 is 2.11 bits per heavy atom. The molecule has 0 aliphatic heterocycles. The van der Waals surface area contributed by atoms with Gasteiger partial charge in [0.25, 0.3) is 0 Å². The number of nitrogens with one attached hydrogen (secondary N) is 2. The number of nitrogens with zero attached hydrogens (tertiary/aromatic N) is 1. The summed E-state index contributed by atoms with van der Waals surface area (Å²) in [6.07, 6.45) is 4.21. The minimum Gasteiger partial charge on any atom is -0.396 e. The average molecular weight is 250 g/mol. The first-order valence-corrected chi connectivity index (χ1v) is 6.36. The molecule has 4 N–H and O–H groups in total. The van der Waals surface area contributed by atoms with Crippen molar-refractivity contribution in [3.63, 3.8) is 0 Å². The maximum absolute atomic E-state index is 11.0. The average Bonchev–Trinajstić information content (AvgIpc) is 2.38. The van der Waals surface area contributed by atoms with Crippen molar-refractivity contribution in [3.05, 3.63) is 17.8 Å². The molecule has 1 amide bonds. The Hall–Kier alpha value is -1.78. The molecule has 0 unspecified atom stereocenters. The van der Waals surface area contributed by atoms with Crippen LogP contribution in [0.25, 0.3) is 0 Å². The van der Waals surface area contributed by atoms with Gasteiger partial charge in [-0.2, -0.15) is 0 Å². The van der Waals surface area contributed by atoms with Crippen molar-refractivity contribution in [1.29, 1.82) is 0 Å². The summed E-state index contributed by atoms with van der Waals surface area (Å²) >= 11 is 0. The van der Waals surface area contributed by atoms with E-state index in [2.05, 4.69) is 15.6 Å². The second-order valence-corrected chi connectivity index (χ2v) is 4.23. The van der Waals surface area contributed by atoms with Gasteiger partial charge in [0.2, 0.25) is 5.91 Å². The summed E-state index contributed by atoms with van der Waals surface area (Å²) in [5.74, 6) is 0.847. The highest BCUT2D eigenvalue weighted by Gasteiger charge is 2.01. The van der Waals surface area contributed by atoms with Gasteiger partial charge in [0.05, 0.1) is 5.69 Å². The molecule has 0 atom stereocenters.